The highest BCUT2D eigenvalue weighted by atomic mass is 16.7. The summed E-state index contributed by atoms with van der Waals surface area (Å²) in [4.78, 5) is 14.0. The van der Waals surface area contributed by atoms with E-state index in [0.29, 0.717) is 0 Å². The molecule has 2 aliphatic heterocycles. The highest BCUT2D eigenvalue weighted by molar-refractivity contribution is 5.91. The van der Waals surface area contributed by atoms with E-state index < -0.39 is 78.3 Å². The van der Waals surface area contributed by atoms with Gasteiger partial charge in [0.2, 0.25) is 17.5 Å². The van der Waals surface area contributed by atoms with Crippen molar-refractivity contribution in [2.45, 2.75) is 95.5 Å². The van der Waals surface area contributed by atoms with Crippen molar-refractivity contribution < 1.29 is 64.2 Å². The van der Waals surface area contributed by atoms with E-state index in [-0.39, 0.29) is 45.8 Å². The number of hydrogen-bond acceptors (Lipinski definition) is 14. The van der Waals surface area contributed by atoms with Crippen LogP contribution in [-0.4, -0.2) is 102 Å². The van der Waals surface area contributed by atoms with Crippen molar-refractivity contribution in [3.05, 3.63) is 57.8 Å². The van der Waals surface area contributed by atoms with Crippen molar-refractivity contribution in [2.75, 3.05) is 0 Å². The first kappa shape index (κ1) is 33.6. The maximum Gasteiger partial charge on any atom is 0.239 e. The summed E-state index contributed by atoms with van der Waals surface area (Å²) in [6, 6.07) is 6.56. The van der Waals surface area contributed by atoms with Crippen LogP contribution in [0.4, 0.5) is 0 Å². The summed E-state index contributed by atoms with van der Waals surface area (Å²) in [5.41, 5.74) is 0.399. The molecule has 5 rings (SSSR count). The Morgan fingerprint density at radius 3 is 2.11 bits per heavy atom. The first-order valence-corrected chi connectivity index (χ1v) is 14.7. The number of ether oxygens (including phenoxy) is 4. The number of aromatic hydroxyl groups is 3. The lowest BCUT2D eigenvalue weighted by Gasteiger charge is -2.45. The third-order valence-corrected chi connectivity index (χ3v) is 8.14. The van der Waals surface area contributed by atoms with Gasteiger partial charge < -0.3 is 64.2 Å². The van der Waals surface area contributed by atoms with Crippen molar-refractivity contribution in [1.82, 2.24) is 0 Å². The Hall–Kier alpha value is -3.73. The normalized spacial score (nSPS) is 31.5. The van der Waals surface area contributed by atoms with Crippen LogP contribution in [0.2, 0.25) is 0 Å². The zero-order valence-corrected chi connectivity index (χ0v) is 25.5. The van der Waals surface area contributed by atoms with Crippen molar-refractivity contribution in [3.63, 3.8) is 0 Å². The first-order valence-electron chi connectivity index (χ1n) is 14.7. The van der Waals surface area contributed by atoms with Crippen molar-refractivity contribution in [1.29, 1.82) is 0 Å². The van der Waals surface area contributed by atoms with Crippen LogP contribution in [0.15, 0.2) is 51.2 Å². The number of benzene rings is 2. The number of hydrogen-bond donors (Lipinski definition) is 8. The lowest BCUT2D eigenvalue weighted by Crippen LogP contribution is -2.63. The van der Waals surface area contributed by atoms with Gasteiger partial charge in [-0.15, -0.1) is 0 Å². The predicted octanol–water partition coefficient (Wildman–Crippen LogP) is 1.14. The number of fused-ring (bicyclic) bond motifs is 1. The van der Waals surface area contributed by atoms with Gasteiger partial charge in [0.05, 0.1) is 12.2 Å². The van der Waals surface area contributed by atoms with Gasteiger partial charge in [0.25, 0.3) is 0 Å². The van der Waals surface area contributed by atoms with E-state index in [4.69, 9.17) is 23.4 Å². The second-order valence-electron chi connectivity index (χ2n) is 11.8. The van der Waals surface area contributed by atoms with Crippen LogP contribution in [-0.2, 0) is 20.6 Å². The lowest BCUT2D eigenvalue weighted by atomic mass is 9.97. The number of phenols is 3. The number of phenolic OH excluding ortho intramolecular Hbond substituents is 3. The lowest BCUT2D eigenvalue weighted by molar-refractivity contribution is -0.345. The van der Waals surface area contributed by atoms with E-state index in [1.807, 2.05) is 13.8 Å². The van der Waals surface area contributed by atoms with Gasteiger partial charge >= 0.3 is 0 Å². The van der Waals surface area contributed by atoms with E-state index in [0.717, 1.165) is 11.6 Å². The molecule has 0 amide bonds. The van der Waals surface area contributed by atoms with Crippen LogP contribution in [0.3, 0.4) is 0 Å². The zero-order chi connectivity index (χ0) is 33.6. The maximum atomic E-state index is 14.0. The van der Waals surface area contributed by atoms with Gasteiger partial charge in [0.1, 0.15) is 64.8 Å². The summed E-state index contributed by atoms with van der Waals surface area (Å²) < 4.78 is 29.0. The fourth-order valence-corrected chi connectivity index (χ4v) is 5.47. The Kier molecular flexibility index (Phi) is 9.63. The Bertz CT molecular complexity index is 1650. The second kappa shape index (κ2) is 13.2. The van der Waals surface area contributed by atoms with Gasteiger partial charge in [-0.25, -0.2) is 0 Å². The zero-order valence-electron chi connectivity index (χ0n) is 25.5. The standard InChI is InChI=1S/C32H38O14/c1-12(2)5-10-17-18(34)11-19(35)20-22(37)30(28(44-29(17)20)15-6-8-16(33)9-7-15)46-32-26(41)24(39)27(14(4)43-32)45-31-25(40)23(38)21(36)13(3)42-31/h5-9,11,13-14,21,23-27,31-36,38-41H,10H2,1-4H3/t13-,14-,21-,23-,24-,25-,26-,27+,31-,32-/m0/s1. The van der Waals surface area contributed by atoms with Gasteiger partial charge in [0.15, 0.2) is 12.1 Å². The molecule has 0 saturated carbocycles. The van der Waals surface area contributed by atoms with Crippen molar-refractivity contribution in [3.8, 4) is 34.3 Å². The fourth-order valence-electron chi connectivity index (χ4n) is 5.47. The molecule has 2 aliphatic rings. The molecule has 46 heavy (non-hydrogen) atoms. The maximum absolute atomic E-state index is 14.0. The van der Waals surface area contributed by atoms with Gasteiger partial charge in [-0.3, -0.25) is 4.79 Å². The minimum absolute atomic E-state index is 0.0774. The van der Waals surface area contributed by atoms with Crippen LogP contribution in [0.5, 0.6) is 23.0 Å². The molecule has 0 aliphatic carbocycles. The number of aliphatic hydroxyl groups is 5. The average molecular weight is 647 g/mol. The molecule has 0 spiro atoms. The summed E-state index contributed by atoms with van der Waals surface area (Å²) in [6.45, 7) is 6.62. The van der Waals surface area contributed by atoms with Crippen molar-refractivity contribution >= 4 is 11.0 Å². The largest absolute Gasteiger partial charge is 0.508 e. The summed E-state index contributed by atoms with van der Waals surface area (Å²) >= 11 is 0. The van der Waals surface area contributed by atoms with Gasteiger partial charge in [-0.05, 0) is 58.4 Å². The number of aliphatic hydroxyl groups excluding tert-OH is 5. The van der Waals surface area contributed by atoms with E-state index in [1.54, 1.807) is 6.08 Å². The molecule has 0 radical (unpaired) electrons. The summed E-state index contributed by atoms with van der Waals surface area (Å²) in [5, 5.41) is 83.5. The first-order chi connectivity index (χ1) is 21.7. The van der Waals surface area contributed by atoms with E-state index in [9.17, 15) is 45.6 Å². The average Bonchev–Trinajstić information content (AvgIpc) is 3.00. The van der Waals surface area contributed by atoms with Gasteiger partial charge in [0, 0.05) is 17.2 Å². The highest BCUT2D eigenvalue weighted by Crippen LogP contribution is 2.40. The molecule has 10 atom stereocenters. The van der Waals surface area contributed by atoms with E-state index in [1.165, 1.54) is 38.1 Å². The third kappa shape index (κ3) is 6.30. The SMILES string of the molecule is CC(C)=CCc1c(O)cc(O)c2c(=O)c(O[C@@H]3O[C@@H](C)[C@@H](O[C@@H]4O[C@@H](C)[C@H](O)[C@H](O)[C@@H]4O)[C@@H](O)[C@@H]3O)c(-c3ccc(O)cc3)oc12. The Labute approximate surface area is 262 Å². The van der Waals surface area contributed by atoms with Crippen molar-refractivity contribution in [2.24, 2.45) is 0 Å². The number of rotatable bonds is 7. The molecule has 14 nitrogen and oxygen atoms in total. The smallest absolute Gasteiger partial charge is 0.239 e. The molecule has 2 saturated heterocycles. The second-order valence-corrected chi connectivity index (χ2v) is 11.8. The van der Waals surface area contributed by atoms with Crippen LogP contribution >= 0.6 is 0 Å². The van der Waals surface area contributed by atoms with Crippen LogP contribution in [0.1, 0.15) is 33.3 Å². The summed E-state index contributed by atoms with van der Waals surface area (Å²) in [6.07, 6.45) is -12.8. The molecule has 2 aromatic carbocycles. The van der Waals surface area contributed by atoms with Crippen LogP contribution in [0, 0.1) is 0 Å². The molecule has 1 aromatic heterocycles. The number of allylic oxidation sites excluding steroid dienone is 2. The van der Waals surface area contributed by atoms with Gasteiger partial charge in [-0.1, -0.05) is 11.6 Å². The summed E-state index contributed by atoms with van der Waals surface area (Å²) in [5.74, 6) is -1.67. The molecule has 8 N–H and O–H groups in total. The van der Waals surface area contributed by atoms with Gasteiger partial charge in [-0.2, -0.15) is 0 Å². The minimum atomic E-state index is -1.85. The molecular formula is C32H38O14. The highest BCUT2D eigenvalue weighted by Gasteiger charge is 2.50. The molecule has 14 heteroatoms. The molecule has 0 bridgehead atoms. The Morgan fingerprint density at radius 1 is 0.826 bits per heavy atom. The summed E-state index contributed by atoms with van der Waals surface area (Å²) in [7, 11) is 0. The fraction of sp³-hybridized carbons (Fsp3) is 0.469. The molecule has 250 valence electrons. The molecule has 3 aromatic rings. The Balaban J connectivity index is 1.53. The third-order valence-electron chi connectivity index (χ3n) is 8.14. The molecule has 3 heterocycles. The van der Waals surface area contributed by atoms with Crippen LogP contribution < -0.4 is 10.2 Å². The molecular weight excluding hydrogens is 608 g/mol. The van der Waals surface area contributed by atoms with E-state index in [2.05, 4.69) is 0 Å². The Morgan fingerprint density at radius 2 is 1.46 bits per heavy atom. The molecule has 0 unspecified atom stereocenters. The van der Waals surface area contributed by atoms with Crippen LogP contribution in [0.25, 0.3) is 22.3 Å². The predicted molar refractivity (Wildman–Crippen MR) is 160 cm³/mol. The topological polar surface area (TPSA) is 229 Å². The minimum Gasteiger partial charge on any atom is -0.508 e. The van der Waals surface area contributed by atoms with E-state index >= 15 is 0 Å². The molecule has 2 fully saturated rings. The quantitative estimate of drug-likeness (QED) is 0.168. The monoisotopic (exact) mass is 646 g/mol.